The van der Waals surface area contributed by atoms with E-state index >= 15 is 0 Å². The Balaban J connectivity index is 2.50. The maximum absolute atomic E-state index is 2.50. The monoisotopic (exact) mass is 194 g/mol. The van der Waals surface area contributed by atoms with E-state index < -0.39 is 8.07 Å². The Morgan fingerprint density at radius 1 is 1.31 bits per heavy atom. The molecule has 0 aliphatic heterocycles. The molecule has 0 aromatic heterocycles. The van der Waals surface area contributed by atoms with Gasteiger partial charge >= 0.3 is 0 Å². The average molecular weight is 194 g/mol. The maximum atomic E-state index is 2.50. The predicted molar refractivity (Wildman–Crippen MR) is 63.8 cm³/mol. The Labute approximate surface area is 83.7 Å². The second kappa shape index (κ2) is 4.27. The summed E-state index contributed by atoms with van der Waals surface area (Å²) >= 11 is 0. The molecule has 1 heteroatoms. The molecule has 0 amide bonds. The molecule has 0 spiro atoms. The van der Waals surface area contributed by atoms with Crippen molar-refractivity contribution in [2.45, 2.75) is 51.4 Å². The van der Waals surface area contributed by atoms with E-state index in [2.05, 4.69) is 44.8 Å². The van der Waals surface area contributed by atoms with Crippen LogP contribution in [-0.2, 0) is 0 Å². The lowest BCUT2D eigenvalue weighted by atomic mass is 10.1. The molecule has 0 radical (unpaired) electrons. The van der Waals surface area contributed by atoms with E-state index in [1.54, 1.807) is 5.57 Å². The van der Waals surface area contributed by atoms with Crippen molar-refractivity contribution >= 4 is 8.07 Å². The summed E-state index contributed by atoms with van der Waals surface area (Å²) in [6.07, 6.45) is 11.2. The van der Waals surface area contributed by atoms with E-state index in [4.69, 9.17) is 0 Å². The average Bonchev–Trinajstić information content (AvgIpc) is 2.47. The van der Waals surface area contributed by atoms with E-state index in [0.29, 0.717) is 0 Å². The van der Waals surface area contributed by atoms with Gasteiger partial charge in [-0.15, -0.1) is 0 Å². The second-order valence-corrected chi connectivity index (χ2v) is 10.5. The largest absolute Gasteiger partial charge is 0.0801 e. The number of hydrogen-bond acceptors (Lipinski definition) is 0. The molecular formula is C12H22Si. The van der Waals surface area contributed by atoms with Gasteiger partial charge < -0.3 is 0 Å². The fraction of sp³-hybridized carbons (Fsp3) is 0.667. The van der Waals surface area contributed by atoms with Crippen LogP contribution in [0.15, 0.2) is 23.8 Å². The standard InChI is InChI=1S/C12H22Si/c1-5-6-7-11-8-9-12(10-11)13(2,3)4/h8-10,12H,5-7H2,1-4H3. The molecule has 0 saturated carbocycles. The smallest absolute Gasteiger partial charge is 0.0558 e. The summed E-state index contributed by atoms with van der Waals surface area (Å²) in [5, 5.41) is 0. The van der Waals surface area contributed by atoms with Crippen molar-refractivity contribution in [2.75, 3.05) is 0 Å². The van der Waals surface area contributed by atoms with Crippen LogP contribution in [0.2, 0.25) is 25.2 Å². The highest BCUT2D eigenvalue weighted by Gasteiger charge is 2.24. The van der Waals surface area contributed by atoms with Crippen LogP contribution in [-0.4, -0.2) is 8.07 Å². The summed E-state index contributed by atoms with van der Waals surface area (Å²) < 4.78 is 0. The molecule has 1 rings (SSSR count). The molecule has 0 heterocycles. The molecule has 0 saturated heterocycles. The molecule has 1 unspecified atom stereocenters. The molecule has 13 heavy (non-hydrogen) atoms. The lowest BCUT2D eigenvalue weighted by Crippen LogP contribution is -2.24. The van der Waals surface area contributed by atoms with E-state index in [1.807, 2.05) is 0 Å². The number of allylic oxidation sites excluding steroid dienone is 4. The van der Waals surface area contributed by atoms with Crippen LogP contribution in [0, 0.1) is 0 Å². The Morgan fingerprint density at radius 2 is 2.00 bits per heavy atom. The van der Waals surface area contributed by atoms with Crippen molar-refractivity contribution in [3.05, 3.63) is 23.8 Å². The summed E-state index contributed by atoms with van der Waals surface area (Å²) in [6, 6.07) is 0. The van der Waals surface area contributed by atoms with Crippen molar-refractivity contribution in [3.63, 3.8) is 0 Å². The molecule has 0 nitrogen and oxygen atoms in total. The van der Waals surface area contributed by atoms with Gasteiger partial charge in [-0.2, -0.15) is 0 Å². The summed E-state index contributed by atoms with van der Waals surface area (Å²) in [6.45, 7) is 9.60. The van der Waals surface area contributed by atoms with Gasteiger partial charge in [0.1, 0.15) is 0 Å². The Hall–Kier alpha value is -0.303. The Bertz CT molecular complexity index is 218. The first-order valence-electron chi connectivity index (χ1n) is 5.43. The molecule has 0 N–H and O–H groups in total. The van der Waals surface area contributed by atoms with Crippen LogP contribution in [0.3, 0.4) is 0 Å². The van der Waals surface area contributed by atoms with E-state index in [-0.39, 0.29) is 0 Å². The van der Waals surface area contributed by atoms with Crippen LogP contribution in [0.25, 0.3) is 0 Å². The van der Waals surface area contributed by atoms with Crippen molar-refractivity contribution in [1.29, 1.82) is 0 Å². The van der Waals surface area contributed by atoms with Crippen molar-refractivity contribution in [2.24, 2.45) is 0 Å². The second-order valence-electron chi connectivity index (χ2n) is 5.10. The quantitative estimate of drug-likeness (QED) is 0.583. The SMILES string of the molecule is CCCCC1=CC([Si](C)(C)C)C=C1. The summed E-state index contributed by atoms with van der Waals surface area (Å²) in [5.41, 5.74) is 2.37. The van der Waals surface area contributed by atoms with Crippen molar-refractivity contribution in [1.82, 2.24) is 0 Å². The van der Waals surface area contributed by atoms with Gasteiger partial charge in [0.25, 0.3) is 0 Å². The third-order valence-electron chi connectivity index (χ3n) is 2.73. The lowest BCUT2D eigenvalue weighted by Gasteiger charge is -2.20. The highest BCUT2D eigenvalue weighted by Crippen LogP contribution is 2.32. The van der Waals surface area contributed by atoms with Gasteiger partial charge in [0.15, 0.2) is 0 Å². The maximum Gasteiger partial charge on any atom is 0.0558 e. The first kappa shape index (κ1) is 10.8. The number of hydrogen-bond donors (Lipinski definition) is 0. The summed E-state index contributed by atoms with van der Waals surface area (Å²) in [5.74, 6) is 0. The van der Waals surface area contributed by atoms with Crippen LogP contribution in [0.5, 0.6) is 0 Å². The third-order valence-corrected chi connectivity index (χ3v) is 5.09. The lowest BCUT2D eigenvalue weighted by molar-refractivity contribution is 0.798. The topological polar surface area (TPSA) is 0 Å². The van der Waals surface area contributed by atoms with Crippen LogP contribution in [0.4, 0.5) is 0 Å². The van der Waals surface area contributed by atoms with Gasteiger partial charge in [-0.3, -0.25) is 0 Å². The molecule has 1 atom stereocenters. The van der Waals surface area contributed by atoms with Crippen molar-refractivity contribution in [3.8, 4) is 0 Å². The predicted octanol–water partition coefficient (Wildman–Crippen LogP) is 4.38. The molecule has 74 valence electrons. The zero-order chi connectivity index (χ0) is 9.90. The summed E-state index contributed by atoms with van der Waals surface area (Å²) in [4.78, 5) is 0. The first-order valence-corrected chi connectivity index (χ1v) is 9.00. The van der Waals surface area contributed by atoms with Crippen LogP contribution in [0.1, 0.15) is 26.2 Å². The molecule has 1 aliphatic rings. The van der Waals surface area contributed by atoms with Gasteiger partial charge in [-0.05, 0) is 18.4 Å². The molecule has 0 aromatic rings. The van der Waals surface area contributed by atoms with Crippen LogP contribution >= 0.6 is 0 Å². The number of unbranched alkanes of at least 4 members (excludes halogenated alkanes) is 1. The molecule has 0 fully saturated rings. The minimum atomic E-state index is -0.968. The molecule has 0 bridgehead atoms. The fourth-order valence-corrected chi connectivity index (χ4v) is 3.04. The van der Waals surface area contributed by atoms with E-state index in [1.165, 1.54) is 19.3 Å². The van der Waals surface area contributed by atoms with Gasteiger partial charge in [-0.25, -0.2) is 0 Å². The molecule has 0 aromatic carbocycles. The van der Waals surface area contributed by atoms with Crippen molar-refractivity contribution < 1.29 is 0 Å². The molecule has 1 aliphatic carbocycles. The third kappa shape index (κ3) is 3.15. The van der Waals surface area contributed by atoms with Gasteiger partial charge in [0.2, 0.25) is 0 Å². The zero-order valence-corrected chi connectivity index (χ0v) is 10.4. The number of rotatable bonds is 4. The molecular weight excluding hydrogens is 172 g/mol. The highest BCUT2D eigenvalue weighted by atomic mass is 28.3. The summed E-state index contributed by atoms with van der Waals surface area (Å²) in [7, 11) is -0.968. The first-order chi connectivity index (χ1) is 6.04. The fourth-order valence-electron chi connectivity index (χ4n) is 1.66. The van der Waals surface area contributed by atoms with E-state index in [9.17, 15) is 0 Å². The van der Waals surface area contributed by atoms with Gasteiger partial charge in [0.05, 0.1) is 8.07 Å². The minimum Gasteiger partial charge on any atom is -0.0801 e. The highest BCUT2D eigenvalue weighted by molar-refractivity contribution is 6.78. The Morgan fingerprint density at radius 3 is 2.46 bits per heavy atom. The Kier molecular flexibility index (Phi) is 3.54. The van der Waals surface area contributed by atoms with Crippen LogP contribution < -0.4 is 0 Å². The zero-order valence-electron chi connectivity index (χ0n) is 9.43. The normalized spacial score (nSPS) is 22.2. The van der Waals surface area contributed by atoms with Gasteiger partial charge in [-0.1, -0.05) is 56.8 Å². The van der Waals surface area contributed by atoms with Gasteiger partial charge in [0, 0.05) is 0 Å². The minimum absolute atomic E-state index is 0.791. The van der Waals surface area contributed by atoms with E-state index in [0.717, 1.165) is 5.54 Å².